The van der Waals surface area contributed by atoms with Crippen LogP contribution >= 0.6 is 0 Å². The zero-order valence-electron chi connectivity index (χ0n) is 19.1. The first-order valence-electron chi connectivity index (χ1n) is 11.4. The molecule has 33 heavy (non-hydrogen) atoms. The minimum Gasteiger partial charge on any atom is -0.232 e. The second-order valence-corrected chi connectivity index (χ2v) is 8.84. The minimum atomic E-state index is 1.02. The largest absolute Gasteiger partial charge is 0.286 e. The van der Waals surface area contributed by atoms with E-state index in [4.69, 9.17) is 0 Å². The van der Waals surface area contributed by atoms with Gasteiger partial charge in [0, 0.05) is 24.1 Å². The van der Waals surface area contributed by atoms with Gasteiger partial charge in [0.15, 0.2) is 5.69 Å². The van der Waals surface area contributed by atoms with Crippen LogP contribution in [-0.4, -0.2) is 4.98 Å². The molecular weight excluding hydrogens is 400 g/mol. The Morgan fingerprint density at radius 3 is 1.61 bits per heavy atom. The van der Waals surface area contributed by atoms with Gasteiger partial charge in [0.2, 0.25) is 0 Å². The lowest BCUT2D eigenvalue weighted by Gasteiger charge is -2.25. The molecule has 0 fully saturated rings. The van der Waals surface area contributed by atoms with Crippen LogP contribution in [-0.2, 0) is 7.05 Å². The van der Waals surface area contributed by atoms with Crippen LogP contribution in [0.1, 0.15) is 11.3 Å². The van der Waals surface area contributed by atoms with Crippen molar-refractivity contribution in [1.29, 1.82) is 0 Å². The summed E-state index contributed by atoms with van der Waals surface area (Å²) < 4.78 is 2.14. The van der Waals surface area contributed by atoms with Crippen molar-refractivity contribution in [3.05, 3.63) is 109 Å². The summed E-state index contributed by atoms with van der Waals surface area (Å²) in [4.78, 5) is 4.51. The van der Waals surface area contributed by atoms with Gasteiger partial charge in [-0.15, -0.1) is 0 Å². The highest BCUT2D eigenvalue weighted by Crippen LogP contribution is 2.50. The Morgan fingerprint density at radius 1 is 0.545 bits per heavy atom. The summed E-state index contributed by atoms with van der Waals surface area (Å²) in [5, 5.41) is 0. The molecule has 1 aromatic heterocycles. The Labute approximate surface area is 194 Å². The summed E-state index contributed by atoms with van der Waals surface area (Å²) in [6, 6.07) is 33.2. The van der Waals surface area contributed by atoms with Crippen molar-refractivity contribution in [2.75, 3.05) is 0 Å². The maximum Gasteiger partial charge on any atom is 0.286 e. The van der Waals surface area contributed by atoms with E-state index in [0.717, 1.165) is 5.69 Å². The van der Waals surface area contributed by atoms with Gasteiger partial charge in [-0.25, -0.2) is 4.57 Å². The van der Waals surface area contributed by atoms with E-state index in [1.807, 2.05) is 6.33 Å². The molecule has 2 nitrogen and oxygen atoms in total. The van der Waals surface area contributed by atoms with Crippen molar-refractivity contribution in [1.82, 2.24) is 4.98 Å². The highest BCUT2D eigenvalue weighted by atomic mass is 15.0. The van der Waals surface area contributed by atoms with Crippen molar-refractivity contribution in [2.24, 2.45) is 7.05 Å². The van der Waals surface area contributed by atoms with E-state index in [1.54, 1.807) is 0 Å². The topological polar surface area (TPSA) is 16.8 Å². The van der Waals surface area contributed by atoms with Crippen LogP contribution in [0.2, 0.25) is 0 Å². The highest BCUT2D eigenvalue weighted by molar-refractivity contribution is 6.06. The van der Waals surface area contributed by atoms with Gasteiger partial charge in [-0.3, -0.25) is 0 Å². The second-order valence-electron chi connectivity index (χ2n) is 8.84. The van der Waals surface area contributed by atoms with Crippen LogP contribution in [0.15, 0.2) is 97.3 Å². The number of nitrogens with zero attached hydrogens (tertiary/aromatic N) is 2. The van der Waals surface area contributed by atoms with Crippen LogP contribution < -0.4 is 4.57 Å². The van der Waals surface area contributed by atoms with Crippen LogP contribution in [0.25, 0.3) is 55.8 Å². The summed E-state index contributed by atoms with van der Waals surface area (Å²) in [5.74, 6) is 0. The van der Waals surface area contributed by atoms with Gasteiger partial charge in [0.05, 0.1) is 7.05 Å². The summed E-state index contributed by atoms with van der Waals surface area (Å²) >= 11 is 0. The number of rotatable bonds is 1. The van der Waals surface area contributed by atoms with E-state index < -0.39 is 0 Å². The van der Waals surface area contributed by atoms with Gasteiger partial charge < -0.3 is 0 Å². The van der Waals surface area contributed by atoms with Gasteiger partial charge in [0.1, 0.15) is 5.69 Å². The zero-order chi connectivity index (χ0) is 22.5. The highest BCUT2D eigenvalue weighted by Gasteiger charge is 2.26. The third-order valence-electron chi connectivity index (χ3n) is 6.75. The molecule has 1 heterocycles. The number of fused-ring (bicyclic) bond motifs is 8. The monoisotopic (exact) mass is 425 g/mol. The normalized spacial score (nSPS) is 11.5. The van der Waals surface area contributed by atoms with E-state index >= 15 is 0 Å². The zero-order valence-corrected chi connectivity index (χ0v) is 19.1. The summed E-state index contributed by atoms with van der Waals surface area (Å²) in [6.45, 7) is 4.28. The molecule has 4 aromatic carbocycles. The average Bonchev–Trinajstić information content (AvgIpc) is 2.85. The second kappa shape index (κ2) is 7.53. The summed E-state index contributed by atoms with van der Waals surface area (Å²) in [5.41, 5.74) is 14.9. The number of hydrogen-bond donors (Lipinski definition) is 0. The molecule has 158 valence electrons. The van der Waals surface area contributed by atoms with Crippen LogP contribution in [0.5, 0.6) is 0 Å². The predicted molar refractivity (Wildman–Crippen MR) is 136 cm³/mol. The van der Waals surface area contributed by atoms with E-state index in [-0.39, 0.29) is 0 Å². The standard InChI is InChI=1S/C31H25N2/c1-20-16-17-28-26-14-7-6-12-24(26)22-10-4-5-11-23(22)25-13-8-9-15-27(25)31(28)30(20)29-18-21(2)32-19-33(29)3/h4-19H,1-3H3/q+1. The van der Waals surface area contributed by atoms with Crippen LogP contribution in [0, 0.1) is 13.8 Å². The third-order valence-corrected chi connectivity index (χ3v) is 6.75. The van der Waals surface area contributed by atoms with E-state index in [2.05, 4.69) is 121 Å². The quantitative estimate of drug-likeness (QED) is 0.255. The lowest BCUT2D eigenvalue weighted by atomic mass is 9.78. The Balaban J connectivity index is 1.84. The smallest absolute Gasteiger partial charge is 0.232 e. The van der Waals surface area contributed by atoms with Crippen molar-refractivity contribution in [3.8, 4) is 55.8 Å². The Bertz CT molecular complexity index is 1540. The van der Waals surface area contributed by atoms with Gasteiger partial charge in [-0.05, 0) is 51.4 Å². The molecule has 0 N–H and O–H groups in total. The molecular formula is C31H25N2+. The van der Waals surface area contributed by atoms with E-state index in [9.17, 15) is 0 Å². The Kier molecular flexibility index (Phi) is 4.48. The molecule has 0 unspecified atom stereocenters. The van der Waals surface area contributed by atoms with Crippen molar-refractivity contribution in [3.63, 3.8) is 0 Å². The van der Waals surface area contributed by atoms with Gasteiger partial charge in [-0.2, -0.15) is 0 Å². The molecule has 2 heteroatoms. The number of aromatic nitrogens is 2. The predicted octanol–water partition coefficient (Wildman–Crippen LogP) is 7.17. The molecule has 1 aliphatic rings. The van der Waals surface area contributed by atoms with Crippen LogP contribution in [0.3, 0.4) is 0 Å². The van der Waals surface area contributed by atoms with E-state index in [1.165, 1.54) is 61.3 Å². The maximum atomic E-state index is 4.51. The number of benzene rings is 4. The van der Waals surface area contributed by atoms with Gasteiger partial charge >= 0.3 is 0 Å². The first-order chi connectivity index (χ1) is 16.1. The summed E-state index contributed by atoms with van der Waals surface area (Å²) in [6.07, 6.45) is 1.92. The molecule has 0 saturated carbocycles. The fraction of sp³-hybridized carbons (Fsp3) is 0.0968. The molecule has 0 amide bonds. The molecule has 0 radical (unpaired) electrons. The Morgan fingerprint density at radius 2 is 1.03 bits per heavy atom. The lowest BCUT2D eigenvalue weighted by Crippen LogP contribution is -2.32. The van der Waals surface area contributed by atoms with Crippen LogP contribution in [0.4, 0.5) is 0 Å². The molecule has 1 aliphatic carbocycles. The lowest BCUT2D eigenvalue weighted by molar-refractivity contribution is -0.663. The molecule has 0 atom stereocenters. The molecule has 0 aliphatic heterocycles. The SMILES string of the molecule is Cc1cc(-c2c(C)ccc3c2-c2ccccc2-c2ccccc2-c2ccccc2-3)[n+](C)cn1. The molecule has 0 bridgehead atoms. The Hall–Kier alpha value is -4.04. The first kappa shape index (κ1) is 19.6. The molecule has 6 rings (SSSR count). The fourth-order valence-electron chi connectivity index (χ4n) is 5.21. The van der Waals surface area contributed by atoms with Crippen molar-refractivity contribution < 1.29 is 4.57 Å². The van der Waals surface area contributed by atoms with Crippen molar-refractivity contribution in [2.45, 2.75) is 13.8 Å². The summed E-state index contributed by atoms with van der Waals surface area (Å²) in [7, 11) is 2.08. The first-order valence-corrected chi connectivity index (χ1v) is 11.4. The maximum absolute atomic E-state index is 4.51. The minimum absolute atomic E-state index is 1.02. The van der Waals surface area contributed by atoms with Crippen molar-refractivity contribution >= 4 is 0 Å². The van der Waals surface area contributed by atoms with E-state index in [0.29, 0.717) is 0 Å². The number of hydrogen-bond acceptors (Lipinski definition) is 1. The van der Waals surface area contributed by atoms with Gasteiger partial charge in [-0.1, -0.05) is 89.9 Å². The number of aryl methyl sites for hydroxylation is 3. The van der Waals surface area contributed by atoms with Gasteiger partial charge in [0.25, 0.3) is 6.33 Å². The third kappa shape index (κ3) is 3.02. The fourth-order valence-corrected chi connectivity index (χ4v) is 5.21. The molecule has 5 aromatic rings. The molecule has 0 saturated heterocycles. The molecule has 0 spiro atoms. The average molecular weight is 426 g/mol.